The lowest BCUT2D eigenvalue weighted by molar-refractivity contribution is 0.122. The van der Waals surface area contributed by atoms with E-state index in [2.05, 4.69) is 21.9 Å². The number of amides is 2. The van der Waals surface area contributed by atoms with Crippen molar-refractivity contribution in [1.29, 1.82) is 5.26 Å². The number of anilines is 2. The van der Waals surface area contributed by atoms with E-state index >= 15 is 0 Å². The molecule has 1 aliphatic heterocycles. The predicted octanol–water partition coefficient (Wildman–Crippen LogP) is 6.16. The number of carbonyl (C=O) groups excluding carboxylic acids is 1. The van der Waals surface area contributed by atoms with Crippen LogP contribution in [0.1, 0.15) is 43.7 Å². The second kappa shape index (κ2) is 14.2. The van der Waals surface area contributed by atoms with E-state index in [0.29, 0.717) is 23.7 Å². The summed E-state index contributed by atoms with van der Waals surface area (Å²) in [5.74, 6) is 0.656. The maximum Gasteiger partial charge on any atom is 0.322 e. The van der Waals surface area contributed by atoms with Crippen LogP contribution in [0.4, 0.5) is 20.6 Å². The number of hydrogen-bond donors (Lipinski definition) is 2. The van der Waals surface area contributed by atoms with E-state index in [1.807, 2.05) is 35.2 Å². The number of hydrogen-bond acceptors (Lipinski definition) is 6. The third-order valence-electron chi connectivity index (χ3n) is 7.07. The average molecular weight is 594 g/mol. The second-order valence-electron chi connectivity index (χ2n) is 10.4. The molecular weight excluding hydrogens is 557 g/mol. The average Bonchev–Trinajstić information content (AvgIpc) is 2.96. The number of benzene rings is 3. The smallest absolute Gasteiger partial charge is 0.322 e. The van der Waals surface area contributed by atoms with Gasteiger partial charge in [-0.2, -0.15) is 5.26 Å². The summed E-state index contributed by atoms with van der Waals surface area (Å²) in [6.07, 6.45) is 4.54. The van der Waals surface area contributed by atoms with Crippen molar-refractivity contribution in [3.05, 3.63) is 83.7 Å². The van der Waals surface area contributed by atoms with Gasteiger partial charge >= 0.3 is 6.03 Å². The van der Waals surface area contributed by atoms with Crippen LogP contribution in [0.3, 0.4) is 0 Å². The molecule has 42 heavy (non-hydrogen) atoms. The third kappa shape index (κ3) is 8.93. The Labute approximate surface area is 246 Å². The Morgan fingerprint density at radius 2 is 1.71 bits per heavy atom. The van der Waals surface area contributed by atoms with Crippen LogP contribution in [0.25, 0.3) is 0 Å². The molecular formula is C31H36FN5O4S. The highest BCUT2D eigenvalue weighted by Gasteiger charge is 2.28. The zero-order valence-corrected chi connectivity index (χ0v) is 24.7. The van der Waals surface area contributed by atoms with Gasteiger partial charge in [-0.1, -0.05) is 25.5 Å². The fourth-order valence-corrected chi connectivity index (χ4v) is 5.47. The zero-order chi connectivity index (χ0) is 30.1. The first-order chi connectivity index (χ1) is 20.1. The molecule has 0 aromatic heterocycles. The standard InChI is InChI=1S/C31H36FN5O4S/c1-3-4-17-37(31(38)34-30-14-7-24(21-33)20-29(30)32)26-15-18-36(19-16-26)22-23-5-10-27(11-6-23)41-28-12-8-25(9-13-28)35-42(2,39)40/h5-14,20,26,35H,3-4,15-19,22H2,1-2H3,(H,34,38). The Kier molecular flexibility index (Phi) is 10.4. The van der Waals surface area contributed by atoms with E-state index < -0.39 is 15.8 Å². The van der Waals surface area contributed by atoms with Gasteiger partial charge in [-0.15, -0.1) is 0 Å². The van der Waals surface area contributed by atoms with Crippen molar-refractivity contribution in [2.75, 3.05) is 35.9 Å². The van der Waals surface area contributed by atoms with Crippen LogP contribution < -0.4 is 14.8 Å². The summed E-state index contributed by atoms with van der Waals surface area (Å²) in [6, 6.07) is 20.2. The third-order valence-corrected chi connectivity index (χ3v) is 7.68. The molecule has 0 spiro atoms. The number of urea groups is 1. The number of sulfonamides is 1. The van der Waals surface area contributed by atoms with Crippen LogP contribution in [0, 0.1) is 17.1 Å². The topological polar surface area (TPSA) is 115 Å². The minimum Gasteiger partial charge on any atom is -0.457 e. The number of unbranched alkanes of at least 4 members (excludes halogenated alkanes) is 1. The van der Waals surface area contributed by atoms with Gasteiger partial charge in [0.1, 0.15) is 17.3 Å². The normalized spacial score (nSPS) is 14.1. The Balaban J connectivity index is 1.29. The summed E-state index contributed by atoms with van der Waals surface area (Å²) in [5.41, 5.74) is 1.90. The van der Waals surface area contributed by atoms with Crippen LogP contribution in [0.15, 0.2) is 66.7 Å². The molecule has 0 radical (unpaired) electrons. The molecule has 222 valence electrons. The quantitative estimate of drug-likeness (QED) is 0.275. The fourth-order valence-electron chi connectivity index (χ4n) is 4.90. The van der Waals surface area contributed by atoms with Crippen LogP contribution in [0.5, 0.6) is 11.5 Å². The molecule has 2 amide bonds. The summed E-state index contributed by atoms with van der Waals surface area (Å²) >= 11 is 0. The molecule has 0 atom stereocenters. The zero-order valence-electron chi connectivity index (χ0n) is 23.8. The van der Waals surface area contributed by atoms with Gasteiger partial charge in [-0.05, 0) is 79.4 Å². The Morgan fingerprint density at radius 3 is 2.29 bits per heavy atom. The first-order valence-corrected chi connectivity index (χ1v) is 15.9. The fraction of sp³-hybridized carbons (Fsp3) is 0.355. The summed E-state index contributed by atoms with van der Waals surface area (Å²) in [6.45, 7) is 5.11. The van der Waals surface area contributed by atoms with Gasteiger partial charge in [0.25, 0.3) is 0 Å². The SMILES string of the molecule is CCCCN(C(=O)Nc1ccc(C#N)cc1F)C1CCN(Cc2ccc(Oc3ccc(NS(C)(=O)=O)cc3)cc2)CC1. The van der Waals surface area contributed by atoms with Crippen molar-refractivity contribution >= 4 is 27.4 Å². The summed E-state index contributed by atoms with van der Waals surface area (Å²) < 4.78 is 45.4. The molecule has 0 unspecified atom stereocenters. The number of piperidine rings is 1. The molecule has 0 aliphatic carbocycles. The number of ether oxygens (including phenoxy) is 1. The van der Waals surface area contributed by atoms with Crippen molar-refractivity contribution in [1.82, 2.24) is 9.80 Å². The number of nitriles is 1. The van der Waals surface area contributed by atoms with Crippen LogP contribution in [-0.4, -0.2) is 56.2 Å². The number of halogens is 1. The number of rotatable bonds is 11. The number of carbonyl (C=O) groups is 1. The van der Waals surface area contributed by atoms with E-state index in [-0.39, 0.29) is 23.3 Å². The van der Waals surface area contributed by atoms with Gasteiger partial charge in [0, 0.05) is 37.9 Å². The molecule has 1 heterocycles. The van der Waals surface area contributed by atoms with Crippen molar-refractivity contribution in [3.63, 3.8) is 0 Å². The lowest BCUT2D eigenvalue weighted by Crippen LogP contribution is -2.49. The van der Waals surface area contributed by atoms with E-state index in [4.69, 9.17) is 10.00 Å². The first-order valence-electron chi connectivity index (χ1n) is 14.0. The minimum atomic E-state index is -3.33. The van der Waals surface area contributed by atoms with Crippen LogP contribution in [-0.2, 0) is 16.6 Å². The second-order valence-corrected chi connectivity index (χ2v) is 12.2. The Hall–Kier alpha value is -4.14. The van der Waals surface area contributed by atoms with Gasteiger partial charge in [0.05, 0.1) is 23.6 Å². The number of likely N-dealkylation sites (tertiary alicyclic amines) is 1. The highest BCUT2D eigenvalue weighted by molar-refractivity contribution is 7.92. The van der Waals surface area contributed by atoms with Gasteiger partial charge in [-0.25, -0.2) is 17.6 Å². The maximum atomic E-state index is 14.4. The Morgan fingerprint density at radius 1 is 1.07 bits per heavy atom. The molecule has 11 heteroatoms. The van der Waals surface area contributed by atoms with Crippen molar-refractivity contribution in [3.8, 4) is 17.6 Å². The first kappa shape index (κ1) is 30.8. The Bertz CT molecular complexity index is 1500. The van der Waals surface area contributed by atoms with Gasteiger partial charge < -0.3 is 15.0 Å². The molecule has 3 aromatic rings. The summed E-state index contributed by atoms with van der Waals surface area (Å²) in [5, 5.41) is 11.7. The van der Waals surface area contributed by atoms with Crippen molar-refractivity contribution in [2.24, 2.45) is 0 Å². The molecule has 0 bridgehead atoms. The monoisotopic (exact) mass is 593 g/mol. The van der Waals surface area contributed by atoms with Gasteiger partial charge in [-0.3, -0.25) is 9.62 Å². The summed E-state index contributed by atoms with van der Waals surface area (Å²) in [7, 11) is -3.33. The van der Waals surface area contributed by atoms with Crippen LogP contribution in [0.2, 0.25) is 0 Å². The van der Waals surface area contributed by atoms with E-state index in [0.717, 1.165) is 63.2 Å². The van der Waals surface area contributed by atoms with Crippen LogP contribution >= 0.6 is 0 Å². The lowest BCUT2D eigenvalue weighted by atomic mass is 10.0. The number of nitrogens with zero attached hydrogens (tertiary/aromatic N) is 3. The highest BCUT2D eigenvalue weighted by Crippen LogP contribution is 2.25. The minimum absolute atomic E-state index is 0.0593. The highest BCUT2D eigenvalue weighted by atomic mass is 32.2. The number of nitrogens with one attached hydrogen (secondary N) is 2. The molecule has 9 nitrogen and oxygen atoms in total. The molecule has 1 aliphatic rings. The molecule has 1 fully saturated rings. The summed E-state index contributed by atoms with van der Waals surface area (Å²) in [4.78, 5) is 17.3. The van der Waals surface area contributed by atoms with Crippen molar-refractivity contribution < 1.29 is 22.3 Å². The molecule has 2 N–H and O–H groups in total. The molecule has 3 aromatic carbocycles. The lowest BCUT2D eigenvalue weighted by Gasteiger charge is -2.38. The molecule has 4 rings (SSSR count). The van der Waals surface area contributed by atoms with E-state index in [9.17, 15) is 17.6 Å². The van der Waals surface area contributed by atoms with E-state index in [1.54, 1.807) is 24.3 Å². The largest absolute Gasteiger partial charge is 0.457 e. The maximum absolute atomic E-state index is 14.4. The van der Waals surface area contributed by atoms with Gasteiger partial charge in [0.2, 0.25) is 10.0 Å². The van der Waals surface area contributed by atoms with Crippen molar-refractivity contribution in [2.45, 2.75) is 45.2 Å². The van der Waals surface area contributed by atoms with E-state index in [1.165, 1.54) is 12.1 Å². The molecule has 1 saturated heterocycles. The van der Waals surface area contributed by atoms with Gasteiger partial charge in [0.15, 0.2) is 0 Å². The molecule has 0 saturated carbocycles. The predicted molar refractivity (Wildman–Crippen MR) is 161 cm³/mol.